The van der Waals surface area contributed by atoms with Crippen LogP contribution in [0.25, 0.3) is 0 Å². The molecule has 0 radical (unpaired) electrons. The summed E-state index contributed by atoms with van der Waals surface area (Å²) in [7, 11) is 0. The molecule has 0 bridgehead atoms. The number of anilines is 1. The molecule has 1 aliphatic rings. The fourth-order valence-corrected chi connectivity index (χ4v) is 2.61. The van der Waals surface area contributed by atoms with Crippen LogP contribution in [0, 0.1) is 0 Å². The number of aliphatic hydroxyl groups is 1. The molecule has 1 amide bonds. The van der Waals surface area contributed by atoms with Crippen LogP contribution in [0.15, 0.2) is 24.3 Å². The number of nitrogens with two attached hydrogens (primary N) is 1. The van der Waals surface area contributed by atoms with Crippen LogP contribution in [0.3, 0.4) is 0 Å². The molecule has 1 saturated carbocycles. The number of aliphatic hydroxyl groups excluding tert-OH is 1. The normalized spacial score (nSPS) is 15.8. The van der Waals surface area contributed by atoms with Crippen molar-refractivity contribution in [3.8, 4) is 0 Å². The van der Waals surface area contributed by atoms with E-state index in [1.54, 1.807) is 29.2 Å². The fourth-order valence-electron chi connectivity index (χ4n) is 2.61. The minimum Gasteiger partial charge on any atom is -0.399 e. The van der Waals surface area contributed by atoms with Gasteiger partial charge in [-0.2, -0.15) is 0 Å². The fraction of sp³-hybridized carbons (Fsp3) is 0.500. The van der Waals surface area contributed by atoms with Gasteiger partial charge in [0, 0.05) is 23.8 Å². The average Bonchev–Trinajstić information content (AvgIpc) is 2.89. The minimum atomic E-state index is -0.0248. The van der Waals surface area contributed by atoms with E-state index in [0.29, 0.717) is 17.8 Å². The van der Waals surface area contributed by atoms with Gasteiger partial charge in [-0.15, -0.1) is 0 Å². The van der Waals surface area contributed by atoms with Crippen LogP contribution < -0.4 is 5.73 Å². The van der Waals surface area contributed by atoms with Gasteiger partial charge in [0.1, 0.15) is 0 Å². The monoisotopic (exact) mass is 248 g/mol. The maximum absolute atomic E-state index is 12.4. The van der Waals surface area contributed by atoms with Gasteiger partial charge < -0.3 is 15.7 Å². The van der Waals surface area contributed by atoms with Crippen molar-refractivity contribution in [1.82, 2.24) is 4.90 Å². The maximum atomic E-state index is 12.4. The van der Waals surface area contributed by atoms with Gasteiger partial charge in [-0.3, -0.25) is 4.79 Å². The summed E-state index contributed by atoms with van der Waals surface area (Å²) in [6.07, 6.45) is 4.40. The Morgan fingerprint density at radius 3 is 2.72 bits per heavy atom. The summed E-state index contributed by atoms with van der Waals surface area (Å²) in [5, 5.41) is 9.13. The SMILES string of the molecule is Nc1cccc(C(=O)N(CCO)C2CCCC2)c1. The minimum absolute atomic E-state index is 0.00452. The summed E-state index contributed by atoms with van der Waals surface area (Å²) in [5.74, 6) is -0.0248. The van der Waals surface area contributed by atoms with Crippen molar-refractivity contribution in [3.63, 3.8) is 0 Å². The smallest absolute Gasteiger partial charge is 0.254 e. The summed E-state index contributed by atoms with van der Waals surface area (Å²) in [6, 6.07) is 7.29. The van der Waals surface area contributed by atoms with E-state index in [9.17, 15) is 4.79 Å². The first-order valence-corrected chi connectivity index (χ1v) is 6.49. The molecular weight excluding hydrogens is 228 g/mol. The summed E-state index contributed by atoms with van der Waals surface area (Å²) >= 11 is 0. The van der Waals surface area contributed by atoms with Crippen molar-refractivity contribution in [3.05, 3.63) is 29.8 Å². The highest BCUT2D eigenvalue weighted by Gasteiger charge is 2.26. The van der Waals surface area contributed by atoms with Gasteiger partial charge in [0.05, 0.1) is 6.61 Å². The molecule has 4 heteroatoms. The number of carbonyl (C=O) groups excluding carboxylic acids is 1. The van der Waals surface area contributed by atoms with Crippen LogP contribution >= 0.6 is 0 Å². The molecule has 18 heavy (non-hydrogen) atoms. The first kappa shape index (κ1) is 12.9. The lowest BCUT2D eigenvalue weighted by atomic mass is 10.1. The number of hydrogen-bond acceptors (Lipinski definition) is 3. The molecule has 1 aliphatic carbocycles. The van der Waals surface area contributed by atoms with Crippen molar-refractivity contribution >= 4 is 11.6 Å². The topological polar surface area (TPSA) is 66.6 Å². The van der Waals surface area contributed by atoms with Crippen LogP contribution in [-0.2, 0) is 0 Å². The lowest BCUT2D eigenvalue weighted by molar-refractivity contribution is 0.0638. The lowest BCUT2D eigenvalue weighted by Gasteiger charge is -2.28. The molecule has 0 heterocycles. The number of nitrogen functional groups attached to an aromatic ring is 1. The molecule has 0 aliphatic heterocycles. The Labute approximate surface area is 107 Å². The highest BCUT2D eigenvalue weighted by Crippen LogP contribution is 2.25. The predicted octanol–water partition coefficient (Wildman–Crippen LogP) is 1.65. The van der Waals surface area contributed by atoms with E-state index < -0.39 is 0 Å². The second-order valence-corrected chi connectivity index (χ2v) is 4.79. The molecule has 2 rings (SSSR count). The van der Waals surface area contributed by atoms with E-state index in [1.165, 1.54) is 0 Å². The molecule has 0 spiro atoms. The Morgan fingerprint density at radius 1 is 1.39 bits per heavy atom. The van der Waals surface area contributed by atoms with Gasteiger partial charge in [-0.25, -0.2) is 0 Å². The number of carbonyl (C=O) groups is 1. The number of nitrogens with zero attached hydrogens (tertiary/aromatic N) is 1. The van der Waals surface area contributed by atoms with E-state index in [4.69, 9.17) is 10.8 Å². The van der Waals surface area contributed by atoms with Crippen LogP contribution in [0.2, 0.25) is 0 Å². The maximum Gasteiger partial charge on any atom is 0.254 e. The van der Waals surface area contributed by atoms with Crippen molar-refractivity contribution in [2.24, 2.45) is 0 Å². The van der Waals surface area contributed by atoms with E-state index in [-0.39, 0.29) is 18.6 Å². The molecule has 0 atom stereocenters. The first-order valence-electron chi connectivity index (χ1n) is 6.49. The van der Waals surface area contributed by atoms with E-state index >= 15 is 0 Å². The van der Waals surface area contributed by atoms with Gasteiger partial charge in [0.25, 0.3) is 5.91 Å². The number of benzene rings is 1. The van der Waals surface area contributed by atoms with Gasteiger partial charge in [0.2, 0.25) is 0 Å². The Bertz CT molecular complexity index is 414. The zero-order chi connectivity index (χ0) is 13.0. The zero-order valence-corrected chi connectivity index (χ0v) is 10.5. The van der Waals surface area contributed by atoms with Gasteiger partial charge in [-0.1, -0.05) is 18.9 Å². The Morgan fingerprint density at radius 2 is 2.11 bits per heavy atom. The van der Waals surface area contributed by atoms with Crippen LogP contribution in [0.1, 0.15) is 36.0 Å². The third-order valence-electron chi connectivity index (χ3n) is 3.50. The molecule has 3 N–H and O–H groups in total. The highest BCUT2D eigenvalue weighted by atomic mass is 16.3. The molecule has 1 aromatic carbocycles. The third-order valence-corrected chi connectivity index (χ3v) is 3.50. The van der Waals surface area contributed by atoms with Crippen molar-refractivity contribution in [2.75, 3.05) is 18.9 Å². The molecule has 0 saturated heterocycles. The van der Waals surface area contributed by atoms with Crippen LogP contribution in [0.5, 0.6) is 0 Å². The van der Waals surface area contributed by atoms with E-state index in [0.717, 1.165) is 25.7 Å². The third kappa shape index (κ3) is 2.82. The molecule has 98 valence electrons. The van der Waals surface area contributed by atoms with Crippen molar-refractivity contribution in [2.45, 2.75) is 31.7 Å². The van der Waals surface area contributed by atoms with Gasteiger partial charge >= 0.3 is 0 Å². The molecule has 1 aromatic rings. The van der Waals surface area contributed by atoms with Gasteiger partial charge in [0.15, 0.2) is 0 Å². The summed E-state index contributed by atoms with van der Waals surface area (Å²) < 4.78 is 0. The van der Waals surface area contributed by atoms with E-state index in [1.807, 2.05) is 0 Å². The molecule has 0 unspecified atom stereocenters. The van der Waals surface area contributed by atoms with Crippen molar-refractivity contribution < 1.29 is 9.90 Å². The summed E-state index contributed by atoms with van der Waals surface area (Å²) in [5.41, 5.74) is 6.90. The second-order valence-electron chi connectivity index (χ2n) is 4.79. The Kier molecular flexibility index (Phi) is 4.20. The Balaban J connectivity index is 2.17. The van der Waals surface area contributed by atoms with Crippen LogP contribution in [-0.4, -0.2) is 35.1 Å². The standard InChI is InChI=1S/C14H20N2O2/c15-12-5-3-4-11(10-12)14(18)16(8-9-17)13-6-1-2-7-13/h3-5,10,13,17H,1-2,6-9,15H2. The number of rotatable bonds is 4. The number of amides is 1. The largest absolute Gasteiger partial charge is 0.399 e. The molecule has 4 nitrogen and oxygen atoms in total. The molecular formula is C14H20N2O2. The number of hydrogen-bond donors (Lipinski definition) is 2. The quantitative estimate of drug-likeness (QED) is 0.796. The second kappa shape index (κ2) is 5.87. The molecule has 1 fully saturated rings. The highest BCUT2D eigenvalue weighted by molar-refractivity contribution is 5.95. The van der Waals surface area contributed by atoms with E-state index in [2.05, 4.69) is 0 Å². The van der Waals surface area contributed by atoms with Crippen molar-refractivity contribution in [1.29, 1.82) is 0 Å². The summed E-state index contributed by atoms with van der Waals surface area (Å²) in [6.45, 7) is 0.406. The van der Waals surface area contributed by atoms with Gasteiger partial charge in [-0.05, 0) is 31.0 Å². The summed E-state index contributed by atoms with van der Waals surface area (Å²) in [4.78, 5) is 14.2. The average molecular weight is 248 g/mol. The lowest BCUT2D eigenvalue weighted by Crippen LogP contribution is -2.40. The molecule has 0 aromatic heterocycles. The predicted molar refractivity (Wildman–Crippen MR) is 71.2 cm³/mol. The first-order chi connectivity index (χ1) is 8.72. The van der Waals surface area contributed by atoms with Crippen LogP contribution in [0.4, 0.5) is 5.69 Å². The Hall–Kier alpha value is -1.55. The zero-order valence-electron chi connectivity index (χ0n) is 10.5.